The molecule has 1 heterocycles. The van der Waals surface area contributed by atoms with Gasteiger partial charge >= 0.3 is 5.69 Å². The monoisotopic (exact) mass is 327 g/mol. The van der Waals surface area contributed by atoms with E-state index in [1.807, 2.05) is 0 Å². The van der Waals surface area contributed by atoms with Crippen molar-refractivity contribution in [2.24, 2.45) is 0 Å². The minimum atomic E-state index is -0.537. The molecule has 1 N–H and O–H groups in total. The van der Waals surface area contributed by atoms with Crippen LogP contribution in [0, 0.1) is 10.1 Å². The molecule has 6 nitrogen and oxygen atoms in total. The first kappa shape index (κ1) is 15.3. The minimum absolute atomic E-state index is 0.00443. The van der Waals surface area contributed by atoms with Gasteiger partial charge in [-0.1, -0.05) is 23.2 Å². The second-order valence-electron chi connectivity index (χ2n) is 4.03. The molecule has 0 fully saturated rings. The van der Waals surface area contributed by atoms with Crippen LogP contribution in [0.1, 0.15) is 5.69 Å². The van der Waals surface area contributed by atoms with Crippen LogP contribution in [0.2, 0.25) is 10.0 Å². The molecule has 0 bridgehead atoms. The summed E-state index contributed by atoms with van der Waals surface area (Å²) >= 11 is 11.9. The Morgan fingerprint density at radius 3 is 2.76 bits per heavy atom. The smallest absolute Gasteiger partial charge is 0.311 e. The highest BCUT2D eigenvalue weighted by Crippen LogP contribution is 2.31. The zero-order valence-corrected chi connectivity index (χ0v) is 12.5. The normalized spacial score (nSPS) is 10.2. The Labute approximate surface area is 130 Å². The maximum absolute atomic E-state index is 10.9. The van der Waals surface area contributed by atoms with E-state index in [4.69, 9.17) is 27.9 Å². The van der Waals surface area contributed by atoms with E-state index >= 15 is 0 Å². The molecule has 1 aromatic heterocycles. The van der Waals surface area contributed by atoms with Crippen LogP contribution in [0.3, 0.4) is 0 Å². The lowest BCUT2D eigenvalue weighted by Crippen LogP contribution is -2.03. The molecular weight excluding hydrogens is 317 g/mol. The topological polar surface area (TPSA) is 77.3 Å². The van der Waals surface area contributed by atoms with E-state index in [9.17, 15) is 10.1 Å². The summed E-state index contributed by atoms with van der Waals surface area (Å²) < 4.78 is 5.44. The van der Waals surface area contributed by atoms with Gasteiger partial charge in [0.05, 0.1) is 15.6 Å². The number of benzene rings is 1. The van der Waals surface area contributed by atoms with Gasteiger partial charge in [-0.05, 0) is 18.2 Å². The van der Waals surface area contributed by atoms with Crippen molar-refractivity contribution in [2.75, 3.05) is 12.4 Å². The van der Waals surface area contributed by atoms with Crippen LogP contribution in [0.15, 0.2) is 30.3 Å². The van der Waals surface area contributed by atoms with Crippen molar-refractivity contribution in [2.45, 2.75) is 6.61 Å². The molecule has 2 rings (SSSR count). The van der Waals surface area contributed by atoms with Crippen molar-refractivity contribution >= 4 is 34.7 Å². The van der Waals surface area contributed by atoms with Gasteiger partial charge in [-0.25, -0.2) is 4.98 Å². The Kier molecular flexibility index (Phi) is 4.82. The summed E-state index contributed by atoms with van der Waals surface area (Å²) in [6.45, 7) is -0.00443. The van der Waals surface area contributed by atoms with Gasteiger partial charge < -0.3 is 10.1 Å². The summed E-state index contributed by atoms with van der Waals surface area (Å²) in [5.74, 6) is 0.693. The number of anilines is 1. The first-order chi connectivity index (χ1) is 10.0. The van der Waals surface area contributed by atoms with E-state index in [2.05, 4.69) is 10.3 Å². The molecule has 0 spiro atoms. The van der Waals surface area contributed by atoms with Crippen molar-refractivity contribution in [1.82, 2.24) is 4.98 Å². The lowest BCUT2D eigenvalue weighted by atomic mass is 10.3. The standard InChI is InChI=1S/C13H11Cl2N3O3/c1-16-13-5-3-9(15)10(17-13)7-21-12-6-8(14)2-4-11(12)18(19)20/h2-6H,7H2,1H3,(H,16,17). The molecule has 0 saturated carbocycles. The lowest BCUT2D eigenvalue weighted by Gasteiger charge is -2.09. The van der Waals surface area contributed by atoms with Gasteiger partial charge in [0.2, 0.25) is 0 Å². The van der Waals surface area contributed by atoms with Crippen LogP contribution in [0.25, 0.3) is 0 Å². The Bertz CT molecular complexity index is 680. The fraction of sp³-hybridized carbons (Fsp3) is 0.154. The molecule has 21 heavy (non-hydrogen) atoms. The molecule has 0 unspecified atom stereocenters. The molecular formula is C13H11Cl2N3O3. The number of hydrogen-bond acceptors (Lipinski definition) is 5. The summed E-state index contributed by atoms with van der Waals surface area (Å²) in [6, 6.07) is 7.49. The third-order valence-electron chi connectivity index (χ3n) is 2.66. The lowest BCUT2D eigenvalue weighted by molar-refractivity contribution is -0.385. The molecule has 0 aliphatic carbocycles. The third-order valence-corrected chi connectivity index (χ3v) is 3.24. The predicted octanol–water partition coefficient (Wildman–Crippen LogP) is 3.92. The van der Waals surface area contributed by atoms with Gasteiger partial charge in [0, 0.05) is 24.2 Å². The van der Waals surface area contributed by atoms with Crippen molar-refractivity contribution in [3.8, 4) is 5.75 Å². The first-order valence-corrected chi connectivity index (χ1v) is 6.66. The molecule has 0 saturated heterocycles. The predicted molar refractivity (Wildman–Crippen MR) is 81.2 cm³/mol. The quantitative estimate of drug-likeness (QED) is 0.665. The van der Waals surface area contributed by atoms with Crippen LogP contribution in [-0.2, 0) is 6.61 Å². The summed E-state index contributed by atoms with van der Waals surface area (Å²) in [4.78, 5) is 14.6. The van der Waals surface area contributed by atoms with Gasteiger partial charge in [0.15, 0.2) is 5.75 Å². The van der Waals surface area contributed by atoms with E-state index in [-0.39, 0.29) is 18.0 Å². The molecule has 0 atom stereocenters. The number of nitrogens with one attached hydrogen (secondary N) is 1. The highest BCUT2D eigenvalue weighted by Gasteiger charge is 2.16. The van der Waals surface area contributed by atoms with Gasteiger partial charge in [-0.2, -0.15) is 0 Å². The Morgan fingerprint density at radius 2 is 2.10 bits per heavy atom. The zero-order valence-electron chi connectivity index (χ0n) is 11.0. The van der Waals surface area contributed by atoms with Crippen molar-refractivity contribution in [3.63, 3.8) is 0 Å². The number of nitrogens with zero attached hydrogens (tertiary/aromatic N) is 2. The highest BCUT2D eigenvalue weighted by molar-refractivity contribution is 6.31. The number of ether oxygens (including phenoxy) is 1. The van der Waals surface area contributed by atoms with Gasteiger partial charge in [0.25, 0.3) is 0 Å². The van der Waals surface area contributed by atoms with Crippen LogP contribution in [0.4, 0.5) is 11.5 Å². The number of pyridine rings is 1. The summed E-state index contributed by atoms with van der Waals surface area (Å²) in [5, 5.41) is 14.6. The second kappa shape index (κ2) is 6.60. The SMILES string of the molecule is CNc1ccc(Cl)c(COc2cc(Cl)ccc2[N+](=O)[O-])n1. The molecule has 1 aromatic carbocycles. The largest absolute Gasteiger partial charge is 0.480 e. The number of rotatable bonds is 5. The second-order valence-corrected chi connectivity index (χ2v) is 4.88. The Morgan fingerprint density at radius 1 is 1.33 bits per heavy atom. The molecule has 8 heteroatoms. The van der Waals surface area contributed by atoms with Gasteiger partial charge in [0.1, 0.15) is 12.4 Å². The number of hydrogen-bond donors (Lipinski definition) is 1. The minimum Gasteiger partial charge on any atom is -0.480 e. The zero-order chi connectivity index (χ0) is 15.4. The van der Waals surface area contributed by atoms with Crippen LogP contribution in [0.5, 0.6) is 5.75 Å². The molecule has 110 valence electrons. The molecule has 0 aliphatic rings. The summed E-state index contributed by atoms with van der Waals surface area (Å²) in [5.41, 5.74) is 0.304. The Balaban J connectivity index is 2.24. The molecule has 0 radical (unpaired) electrons. The molecule has 0 amide bonds. The maximum Gasteiger partial charge on any atom is 0.311 e. The average molecular weight is 328 g/mol. The average Bonchev–Trinajstić information content (AvgIpc) is 2.46. The van der Waals surface area contributed by atoms with Crippen LogP contribution in [-0.4, -0.2) is 17.0 Å². The van der Waals surface area contributed by atoms with Crippen LogP contribution >= 0.6 is 23.2 Å². The van der Waals surface area contributed by atoms with E-state index in [0.29, 0.717) is 21.6 Å². The fourth-order valence-corrected chi connectivity index (χ4v) is 1.95. The summed E-state index contributed by atoms with van der Waals surface area (Å²) in [7, 11) is 1.72. The maximum atomic E-state index is 10.9. The van der Waals surface area contributed by atoms with E-state index in [1.54, 1.807) is 19.2 Å². The van der Waals surface area contributed by atoms with E-state index < -0.39 is 4.92 Å². The van der Waals surface area contributed by atoms with E-state index in [1.165, 1.54) is 18.2 Å². The number of nitro benzene ring substituents is 1. The Hall–Kier alpha value is -2.05. The van der Waals surface area contributed by atoms with E-state index in [0.717, 1.165) is 0 Å². The highest BCUT2D eigenvalue weighted by atomic mass is 35.5. The van der Waals surface area contributed by atoms with Gasteiger partial charge in [-0.15, -0.1) is 0 Å². The van der Waals surface area contributed by atoms with Crippen molar-refractivity contribution in [1.29, 1.82) is 0 Å². The number of nitro groups is 1. The number of aromatic nitrogens is 1. The van der Waals surface area contributed by atoms with Crippen LogP contribution < -0.4 is 10.1 Å². The van der Waals surface area contributed by atoms with Crippen molar-refractivity contribution in [3.05, 3.63) is 56.2 Å². The fourth-order valence-electron chi connectivity index (χ4n) is 1.63. The summed E-state index contributed by atoms with van der Waals surface area (Å²) in [6.07, 6.45) is 0. The van der Waals surface area contributed by atoms with Crippen molar-refractivity contribution < 1.29 is 9.66 Å². The first-order valence-electron chi connectivity index (χ1n) is 5.91. The molecule has 0 aliphatic heterocycles. The molecule has 2 aromatic rings. The third kappa shape index (κ3) is 3.74. The van der Waals surface area contributed by atoms with Gasteiger partial charge in [-0.3, -0.25) is 10.1 Å². The number of halogens is 2.